The lowest BCUT2D eigenvalue weighted by molar-refractivity contribution is -0.154. The van der Waals surface area contributed by atoms with Gasteiger partial charge in [-0.15, -0.1) is 11.3 Å². The van der Waals surface area contributed by atoms with Gasteiger partial charge in [-0.3, -0.25) is 9.59 Å². The first-order chi connectivity index (χ1) is 7.16. The highest BCUT2D eigenvalue weighted by molar-refractivity contribution is 7.10. The van der Waals surface area contributed by atoms with Gasteiger partial charge in [-0.2, -0.15) is 0 Å². The summed E-state index contributed by atoms with van der Waals surface area (Å²) < 4.78 is 4.83. The number of esters is 1. The van der Waals surface area contributed by atoms with Gasteiger partial charge in [0.05, 0.1) is 6.61 Å². The number of carbonyl (C=O) groups is 2. The topological polar surface area (TPSA) is 63.6 Å². The molecule has 1 aromatic heterocycles. The molecule has 0 aromatic carbocycles. The Morgan fingerprint density at radius 3 is 2.80 bits per heavy atom. The quantitative estimate of drug-likeness (QED) is 0.617. The lowest BCUT2D eigenvalue weighted by Gasteiger charge is -2.09. The summed E-state index contributed by atoms with van der Waals surface area (Å²) in [6, 6.07) is 3.33. The summed E-state index contributed by atoms with van der Waals surface area (Å²) in [7, 11) is 0. The first-order valence-electron chi connectivity index (χ1n) is 4.59. The van der Waals surface area contributed by atoms with Gasteiger partial charge in [0.2, 0.25) is 0 Å². The zero-order valence-corrected chi connectivity index (χ0v) is 9.12. The molecule has 5 heteroatoms. The second-order valence-electron chi connectivity index (χ2n) is 2.95. The molecular formula is C10H12O4S. The van der Waals surface area contributed by atoms with E-state index in [1.54, 1.807) is 17.5 Å². The van der Waals surface area contributed by atoms with Crippen LogP contribution in [0.1, 0.15) is 24.1 Å². The minimum atomic E-state index is -1.18. The Hall–Kier alpha value is -1.36. The van der Waals surface area contributed by atoms with Crippen LogP contribution in [0.3, 0.4) is 0 Å². The number of carboxylic acid groups (broad SMARTS) is 1. The van der Waals surface area contributed by atoms with Crippen LogP contribution < -0.4 is 0 Å². The summed E-state index contributed by atoms with van der Waals surface area (Å²) in [6.45, 7) is 2.11. The van der Waals surface area contributed by atoms with Crippen LogP contribution >= 0.6 is 11.3 Å². The monoisotopic (exact) mass is 228 g/mol. The molecule has 0 aliphatic rings. The van der Waals surface area contributed by atoms with Crippen LogP contribution in [0.5, 0.6) is 0 Å². The number of thiophene rings is 1. The van der Waals surface area contributed by atoms with Crippen LogP contribution in [0.25, 0.3) is 0 Å². The fourth-order valence-electron chi connectivity index (χ4n) is 1.08. The third-order valence-corrected chi connectivity index (χ3v) is 2.70. The van der Waals surface area contributed by atoms with Crippen LogP contribution in [0.4, 0.5) is 0 Å². The van der Waals surface area contributed by atoms with E-state index in [0.717, 1.165) is 0 Å². The van der Waals surface area contributed by atoms with Gasteiger partial charge in [0.15, 0.2) is 5.92 Å². The predicted molar refractivity (Wildman–Crippen MR) is 55.9 cm³/mol. The molecular weight excluding hydrogens is 216 g/mol. The molecule has 1 rings (SSSR count). The van der Waals surface area contributed by atoms with Gasteiger partial charge in [0.25, 0.3) is 0 Å². The van der Waals surface area contributed by atoms with E-state index in [1.165, 1.54) is 11.3 Å². The van der Waals surface area contributed by atoms with E-state index in [0.29, 0.717) is 11.3 Å². The average molecular weight is 228 g/mol. The van der Waals surface area contributed by atoms with Gasteiger partial charge in [0.1, 0.15) is 0 Å². The molecule has 1 N–H and O–H groups in total. The van der Waals surface area contributed by atoms with Crippen LogP contribution in [0, 0.1) is 0 Å². The molecule has 4 nitrogen and oxygen atoms in total. The first kappa shape index (κ1) is 11.7. The molecule has 0 spiro atoms. The van der Waals surface area contributed by atoms with Crippen molar-refractivity contribution in [2.24, 2.45) is 0 Å². The fourth-order valence-corrected chi connectivity index (χ4v) is 1.88. The molecule has 15 heavy (non-hydrogen) atoms. The Balaban J connectivity index is 2.75. The number of rotatable bonds is 5. The van der Waals surface area contributed by atoms with E-state index in [9.17, 15) is 9.59 Å². The van der Waals surface area contributed by atoms with Crippen molar-refractivity contribution in [3.05, 3.63) is 22.4 Å². The Labute approximate surface area is 91.5 Å². The van der Waals surface area contributed by atoms with Crippen molar-refractivity contribution < 1.29 is 19.4 Å². The summed E-state index contributed by atoms with van der Waals surface area (Å²) in [5.41, 5.74) is 0. The average Bonchev–Trinajstić information content (AvgIpc) is 2.67. The molecule has 0 bridgehead atoms. The molecule has 0 amide bonds. The van der Waals surface area contributed by atoms with Crippen molar-refractivity contribution in [3.63, 3.8) is 0 Å². The van der Waals surface area contributed by atoms with Crippen molar-refractivity contribution in [2.75, 3.05) is 6.61 Å². The molecule has 1 heterocycles. The number of hydrogen-bond acceptors (Lipinski definition) is 4. The summed E-state index contributed by atoms with van der Waals surface area (Å²) in [5.74, 6) is -3.04. The predicted octanol–water partition coefficient (Wildman–Crippen LogP) is 1.87. The van der Waals surface area contributed by atoms with Gasteiger partial charge in [-0.25, -0.2) is 0 Å². The van der Waals surface area contributed by atoms with E-state index >= 15 is 0 Å². The van der Waals surface area contributed by atoms with E-state index in [2.05, 4.69) is 0 Å². The molecule has 0 aliphatic heterocycles. The molecule has 1 atom stereocenters. The Kier molecular flexibility index (Phi) is 4.30. The third-order valence-electron chi connectivity index (χ3n) is 1.76. The van der Waals surface area contributed by atoms with Gasteiger partial charge in [0, 0.05) is 4.88 Å². The highest BCUT2D eigenvalue weighted by Gasteiger charge is 2.30. The van der Waals surface area contributed by atoms with Crippen molar-refractivity contribution >= 4 is 23.3 Å². The maximum Gasteiger partial charge on any atom is 0.325 e. The number of aliphatic carboxylic acids is 1. The lowest BCUT2D eigenvalue weighted by Crippen LogP contribution is -2.23. The van der Waals surface area contributed by atoms with E-state index in [-0.39, 0.29) is 6.61 Å². The highest BCUT2D eigenvalue weighted by Crippen LogP contribution is 2.22. The number of hydrogen-bond donors (Lipinski definition) is 1. The van der Waals surface area contributed by atoms with Crippen LogP contribution in [0.15, 0.2) is 17.5 Å². The van der Waals surface area contributed by atoms with Gasteiger partial charge >= 0.3 is 11.9 Å². The Morgan fingerprint density at radius 2 is 2.33 bits per heavy atom. The fraction of sp³-hybridized carbons (Fsp3) is 0.400. The molecule has 1 aromatic rings. The zero-order chi connectivity index (χ0) is 11.3. The Morgan fingerprint density at radius 1 is 1.60 bits per heavy atom. The molecule has 0 radical (unpaired) electrons. The van der Waals surface area contributed by atoms with Crippen molar-refractivity contribution in [1.82, 2.24) is 0 Å². The summed E-state index contributed by atoms with van der Waals surface area (Å²) >= 11 is 1.24. The van der Waals surface area contributed by atoms with Crippen molar-refractivity contribution in [1.29, 1.82) is 0 Å². The summed E-state index contributed by atoms with van der Waals surface area (Å²) in [4.78, 5) is 22.9. The van der Waals surface area contributed by atoms with Crippen molar-refractivity contribution in [3.8, 4) is 0 Å². The molecule has 0 aliphatic carbocycles. The molecule has 0 unspecified atom stereocenters. The highest BCUT2D eigenvalue weighted by atomic mass is 32.1. The largest absolute Gasteiger partial charge is 0.480 e. The molecule has 0 fully saturated rings. The van der Waals surface area contributed by atoms with Crippen LogP contribution in [-0.2, 0) is 14.3 Å². The number of carboxylic acids is 1. The van der Waals surface area contributed by atoms with Gasteiger partial charge in [-0.1, -0.05) is 13.0 Å². The second kappa shape index (κ2) is 5.50. The van der Waals surface area contributed by atoms with Crippen LogP contribution in [-0.4, -0.2) is 23.7 Å². The van der Waals surface area contributed by atoms with E-state index in [4.69, 9.17) is 9.84 Å². The smallest absolute Gasteiger partial charge is 0.325 e. The molecule has 82 valence electrons. The number of ether oxygens (including phenoxy) is 1. The maximum atomic E-state index is 11.4. The summed E-state index contributed by atoms with van der Waals surface area (Å²) in [6.07, 6.45) is 0.683. The van der Waals surface area contributed by atoms with Crippen molar-refractivity contribution in [2.45, 2.75) is 19.3 Å². The minimum absolute atomic E-state index is 0.258. The molecule has 0 saturated heterocycles. The summed E-state index contributed by atoms with van der Waals surface area (Å²) in [5, 5.41) is 10.7. The van der Waals surface area contributed by atoms with Gasteiger partial charge < -0.3 is 9.84 Å². The lowest BCUT2D eigenvalue weighted by atomic mass is 10.1. The van der Waals surface area contributed by atoms with Crippen LogP contribution in [0.2, 0.25) is 0 Å². The Bertz CT molecular complexity index is 331. The van der Waals surface area contributed by atoms with E-state index in [1.807, 2.05) is 6.92 Å². The number of carbonyl (C=O) groups excluding carboxylic acids is 1. The SMILES string of the molecule is CCCOC(=O)[C@H](C(=O)O)c1cccs1. The zero-order valence-electron chi connectivity index (χ0n) is 8.30. The first-order valence-corrected chi connectivity index (χ1v) is 5.47. The van der Waals surface area contributed by atoms with E-state index < -0.39 is 17.9 Å². The third kappa shape index (κ3) is 3.06. The van der Waals surface area contributed by atoms with Gasteiger partial charge in [-0.05, 0) is 17.9 Å². The standard InChI is InChI=1S/C10H12O4S/c1-2-5-14-10(13)8(9(11)12)7-4-3-6-15-7/h3-4,6,8H,2,5H2,1H3,(H,11,12)/t8-/m0/s1. The normalized spacial score (nSPS) is 12.1. The maximum absolute atomic E-state index is 11.4. The molecule has 0 saturated carbocycles. The second-order valence-corrected chi connectivity index (χ2v) is 3.93. The minimum Gasteiger partial charge on any atom is -0.480 e.